The fraction of sp³-hybridized carbons (Fsp3) is 0.500. The standard InChI is InChI=1S/C14H19FN2O/c1-14(2,10-16)7-4-8-17-11-5-6-13(18-3)12(15)9-11/h5-6,9,17H,4,7-8H2,1-3H3. The van der Waals surface area contributed by atoms with Crippen LogP contribution >= 0.6 is 0 Å². The number of halogens is 1. The van der Waals surface area contributed by atoms with Gasteiger partial charge < -0.3 is 10.1 Å². The average Bonchev–Trinajstić information content (AvgIpc) is 2.35. The van der Waals surface area contributed by atoms with E-state index >= 15 is 0 Å². The van der Waals surface area contributed by atoms with Crippen molar-refractivity contribution in [1.82, 2.24) is 0 Å². The number of rotatable bonds is 6. The number of ether oxygens (including phenoxy) is 1. The highest BCUT2D eigenvalue weighted by molar-refractivity contribution is 5.47. The summed E-state index contributed by atoms with van der Waals surface area (Å²) in [6.07, 6.45) is 1.68. The quantitative estimate of drug-likeness (QED) is 0.785. The van der Waals surface area contributed by atoms with E-state index in [1.165, 1.54) is 13.2 Å². The average molecular weight is 250 g/mol. The summed E-state index contributed by atoms with van der Waals surface area (Å²) in [6.45, 7) is 4.55. The zero-order chi connectivity index (χ0) is 13.6. The third-order valence-electron chi connectivity index (χ3n) is 2.76. The maximum atomic E-state index is 13.4. The third kappa shape index (κ3) is 4.25. The summed E-state index contributed by atoms with van der Waals surface area (Å²) in [5.74, 6) is -0.133. The fourth-order valence-electron chi connectivity index (χ4n) is 1.60. The molecule has 0 unspecified atom stereocenters. The van der Waals surface area contributed by atoms with Crippen LogP contribution in [0, 0.1) is 22.6 Å². The first-order chi connectivity index (χ1) is 8.48. The first-order valence-corrected chi connectivity index (χ1v) is 5.97. The van der Waals surface area contributed by atoms with Crippen molar-refractivity contribution in [3.63, 3.8) is 0 Å². The Kier molecular flexibility index (Phi) is 4.96. The highest BCUT2D eigenvalue weighted by atomic mass is 19.1. The van der Waals surface area contributed by atoms with Crippen LogP contribution in [-0.2, 0) is 0 Å². The summed E-state index contributed by atoms with van der Waals surface area (Å²) >= 11 is 0. The largest absolute Gasteiger partial charge is 0.494 e. The maximum Gasteiger partial charge on any atom is 0.167 e. The predicted molar refractivity (Wildman–Crippen MR) is 70.1 cm³/mol. The molecule has 0 aromatic heterocycles. The van der Waals surface area contributed by atoms with Crippen LogP contribution in [0.5, 0.6) is 5.75 Å². The summed E-state index contributed by atoms with van der Waals surface area (Å²) in [6, 6.07) is 7.04. The molecule has 1 aromatic carbocycles. The van der Waals surface area contributed by atoms with Crippen molar-refractivity contribution >= 4 is 5.69 Å². The lowest BCUT2D eigenvalue weighted by molar-refractivity contribution is 0.386. The second kappa shape index (κ2) is 6.25. The normalized spacial score (nSPS) is 10.8. The monoisotopic (exact) mass is 250 g/mol. The van der Waals surface area contributed by atoms with Gasteiger partial charge in [-0.05, 0) is 38.8 Å². The van der Waals surface area contributed by atoms with Gasteiger partial charge in [0.1, 0.15) is 0 Å². The van der Waals surface area contributed by atoms with Crippen molar-refractivity contribution in [2.75, 3.05) is 19.0 Å². The number of nitriles is 1. The van der Waals surface area contributed by atoms with Gasteiger partial charge in [0, 0.05) is 18.3 Å². The molecule has 0 amide bonds. The third-order valence-corrected chi connectivity index (χ3v) is 2.76. The number of benzene rings is 1. The molecule has 0 heterocycles. The number of hydrogen-bond donors (Lipinski definition) is 1. The molecule has 98 valence electrons. The number of anilines is 1. The smallest absolute Gasteiger partial charge is 0.167 e. The van der Waals surface area contributed by atoms with E-state index in [1.807, 2.05) is 13.8 Å². The van der Waals surface area contributed by atoms with E-state index in [0.717, 1.165) is 25.1 Å². The number of methoxy groups -OCH3 is 1. The Morgan fingerprint density at radius 1 is 1.44 bits per heavy atom. The number of nitrogens with zero attached hydrogens (tertiary/aromatic N) is 1. The van der Waals surface area contributed by atoms with Crippen LogP contribution < -0.4 is 10.1 Å². The van der Waals surface area contributed by atoms with Crippen LogP contribution in [0.15, 0.2) is 18.2 Å². The van der Waals surface area contributed by atoms with Crippen molar-refractivity contribution in [3.8, 4) is 11.8 Å². The predicted octanol–water partition coefficient (Wildman–Crippen LogP) is 3.58. The van der Waals surface area contributed by atoms with Crippen molar-refractivity contribution < 1.29 is 9.13 Å². The highest BCUT2D eigenvalue weighted by Gasteiger charge is 2.15. The van der Waals surface area contributed by atoms with Gasteiger partial charge in [-0.3, -0.25) is 0 Å². The van der Waals surface area contributed by atoms with E-state index in [9.17, 15) is 4.39 Å². The Bertz CT molecular complexity index is 438. The van der Waals surface area contributed by atoms with Crippen molar-refractivity contribution in [1.29, 1.82) is 5.26 Å². The molecule has 0 radical (unpaired) electrons. The van der Waals surface area contributed by atoms with Crippen LogP contribution in [0.25, 0.3) is 0 Å². The molecular weight excluding hydrogens is 231 g/mol. The summed E-state index contributed by atoms with van der Waals surface area (Å²) in [5, 5.41) is 12.0. The van der Waals surface area contributed by atoms with Crippen LogP contribution in [-0.4, -0.2) is 13.7 Å². The first-order valence-electron chi connectivity index (χ1n) is 5.97. The molecule has 3 nitrogen and oxygen atoms in total. The highest BCUT2D eigenvalue weighted by Crippen LogP contribution is 2.22. The second-order valence-corrected chi connectivity index (χ2v) is 4.88. The summed E-state index contributed by atoms with van der Waals surface area (Å²) in [4.78, 5) is 0. The van der Waals surface area contributed by atoms with Gasteiger partial charge >= 0.3 is 0 Å². The van der Waals surface area contributed by atoms with Crippen molar-refractivity contribution in [3.05, 3.63) is 24.0 Å². The lowest BCUT2D eigenvalue weighted by Gasteiger charge is -2.15. The van der Waals surface area contributed by atoms with E-state index in [2.05, 4.69) is 11.4 Å². The second-order valence-electron chi connectivity index (χ2n) is 4.88. The summed E-state index contributed by atoms with van der Waals surface area (Å²) in [5.41, 5.74) is 0.426. The molecule has 0 atom stereocenters. The van der Waals surface area contributed by atoms with Crippen molar-refractivity contribution in [2.24, 2.45) is 5.41 Å². The zero-order valence-electron chi connectivity index (χ0n) is 11.1. The summed E-state index contributed by atoms with van der Waals surface area (Å²) < 4.78 is 18.2. The molecule has 0 fully saturated rings. The Hall–Kier alpha value is -1.76. The Morgan fingerprint density at radius 2 is 2.17 bits per heavy atom. The van der Waals surface area contributed by atoms with E-state index in [-0.39, 0.29) is 17.0 Å². The summed E-state index contributed by atoms with van der Waals surface area (Å²) in [7, 11) is 1.44. The van der Waals surface area contributed by atoms with E-state index in [1.54, 1.807) is 12.1 Å². The lowest BCUT2D eigenvalue weighted by atomic mass is 9.90. The number of nitrogens with one attached hydrogen (secondary N) is 1. The van der Waals surface area contributed by atoms with Crippen molar-refractivity contribution in [2.45, 2.75) is 26.7 Å². The van der Waals surface area contributed by atoms with Gasteiger partial charge in [0.25, 0.3) is 0 Å². The Morgan fingerprint density at radius 3 is 2.72 bits per heavy atom. The molecule has 0 bridgehead atoms. The molecule has 0 spiro atoms. The first kappa shape index (κ1) is 14.3. The number of hydrogen-bond acceptors (Lipinski definition) is 3. The van der Waals surface area contributed by atoms with E-state index < -0.39 is 0 Å². The Labute approximate surface area is 108 Å². The molecular formula is C14H19FN2O. The van der Waals surface area contributed by atoms with E-state index in [4.69, 9.17) is 10.00 Å². The van der Waals surface area contributed by atoms with Gasteiger partial charge in [-0.1, -0.05) is 0 Å². The molecule has 1 N–H and O–H groups in total. The van der Waals surface area contributed by atoms with Gasteiger partial charge in [-0.15, -0.1) is 0 Å². The van der Waals surface area contributed by atoms with Crippen LogP contribution in [0.3, 0.4) is 0 Å². The molecule has 0 aliphatic rings. The van der Waals surface area contributed by atoms with Gasteiger partial charge in [-0.2, -0.15) is 5.26 Å². The molecule has 0 saturated carbocycles. The maximum absolute atomic E-state index is 13.4. The van der Waals surface area contributed by atoms with E-state index in [0.29, 0.717) is 0 Å². The van der Waals surface area contributed by atoms with Crippen LogP contribution in [0.4, 0.5) is 10.1 Å². The molecule has 18 heavy (non-hydrogen) atoms. The van der Waals surface area contributed by atoms with Crippen LogP contribution in [0.2, 0.25) is 0 Å². The minimum atomic E-state index is -0.375. The molecule has 0 saturated heterocycles. The molecule has 1 rings (SSSR count). The molecule has 1 aromatic rings. The molecule has 4 heteroatoms. The lowest BCUT2D eigenvalue weighted by Crippen LogP contribution is -2.11. The van der Waals surface area contributed by atoms with Gasteiger partial charge in [0.2, 0.25) is 0 Å². The minimum absolute atomic E-state index is 0.242. The van der Waals surface area contributed by atoms with Gasteiger partial charge in [0.15, 0.2) is 11.6 Å². The zero-order valence-corrected chi connectivity index (χ0v) is 11.1. The SMILES string of the molecule is COc1ccc(NCCCC(C)(C)C#N)cc1F. The molecule has 0 aliphatic heterocycles. The minimum Gasteiger partial charge on any atom is -0.494 e. The topological polar surface area (TPSA) is 45.0 Å². The molecule has 0 aliphatic carbocycles. The van der Waals surface area contributed by atoms with Gasteiger partial charge in [-0.25, -0.2) is 4.39 Å². The van der Waals surface area contributed by atoms with Crippen LogP contribution in [0.1, 0.15) is 26.7 Å². The Balaban J connectivity index is 2.41. The van der Waals surface area contributed by atoms with Gasteiger partial charge in [0.05, 0.1) is 18.6 Å². The fourth-order valence-corrected chi connectivity index (χ4v) is 1.60.